The van der Waals surface area contributed by atoms with Gasteiger partial charge in [0.05, 0.1) is 12.3 Å². The van der Waals surface area contributed by atoms with Crippen molar-refractivity contribution in [1.29, 1.82) is 0 Å². The van der Waals surface area contributed by atoms with Gasteiger partial charge >= 0.3 is 0 Å². The number of hydrogen-bond donors (Lipinski definition) is 1. The second kappa shape index (κ2) is 10.1. The Morgan fingerprint density at radius 2 is 1.71 bits per heavy atom. The van der Waals surface area contributed by atoms with Gasteiger partial charge in [-0.25, -0.2) is 0 Å². The summed E-state index contributed by atoms with van der Waals surface area (Å²) >= 11 is 1.39. The fourth-order valence-electron chi connectivity index (χ4n) is 3.24. The second-order valence-corrected chi connectivity index (χ2v) is 8.03. The summed E-state index contributed by atoms with van der Waals surface area (Å²) in [7, 11) is 0. The lowest BCUT2D eigenvalue weighted by molar-refractivity contribution is -0.118. The highest BCUT2D eigenvalue weighted by Crippen LogP contribution is 2.31. The van der Waals surface area contributed by atoms with Crippen molar-refractivity contribution >= 4 is 28.4 Å². The third kappa shape index (κ3) is 5.41. The largest absolute Gasteiger partial charge is 0.492 e. The molecule has 0 atom stereocenters. The molecule has 156 valence electrons. The molecule has 0 aliphatic rings. The van der Waals surface area contributed by atoms with Crippen LogP contribution in [-0.4, -0.2) is 35.0 Å². The number of hydrogen-bond acceptors (Lipinski definition) is 5. The predicted octanol–water partition coefficient (Wildman–Crippen LogP) is 4.89. The van der Waals surface area contributed by atoms with Crippen molar-refractivity contribution in [2.45, 2.75) is 11.9 Å². The van der Waals surface area contributed by atoms with Gasteiger partial charge in [-0.05, 0) is 24.6 Å². The number of carbonyl (C=O) groups is 1. The van der Waals surface area contributed by atoms with Crippen LogP contribution in [0, 0.1) is 6.92 Å². The van der Waals surface area contributed by atoms with Crippen molar-refractivity contribution in [2.24, 2.45) is 0 Å². The van der Waals surface area contributed by atoms with E-state index in [1.54, 1.807) is 0 Å². The fourth-order valence-corrected chi connectivity index (χ4v) is 4.05. The number of nitrogens with zero attached hydrogens (tertiary/aromatic N) is 2. The molecule has 0 saturated carbocycles. The second-order valence-electron chi connectivity index (χ2n) is 7.07. The molecule has 0 radical (unpaired) electrons. The monoisotopic (exact) mass is 429 g/mol. The van der Waals surface area contributed by atoms with Gasteiger partial charge in [-0.2, -0.15) is 0 Å². The highest BCUT2D eigenvalue weighted by atomic mass is 32.2. The van der Waals surface area contributed by atoms with E-state index in [-0.39, 0.29) is 11.7 Å². The summed E-state index contributed by atoms with van der Waals surface area (Å²) in [6.07, 6.45) is 0. The van der Waals surface area contributed by atoms with Gasteiger partial charge in [0.15, 0.2) is 0 Å². The van der Waals surface area contributed by atoms with E-state index in [9.17, 15) is 4.79 Å². The molecule has 0 unspecified atom stereocenters. The van der Waals surface area contributed by atoms with Crippen molar-refractivity contribution in [3.8, 4) is 17.0 Å². The molecule has 1 heterocycles. The van der Waals surface area contributed by atoms with Crippen LogP contribution in [0.15, 0.2) is 83.9 Å². The van der Waals surface area contributed by atoms with Crippen molar-refractivity contribution in [2.75, 3.05) is 18.9 Å². The molecule has 6 heteroatoms. The van der Waals surface area contributed by atoms with Crippen LogP contribution in [0.5, 0.6) is 5.75 Å². The van der Waals surface area contributed by atoms with Gasteiger partial charge in [0.1, 0.15) is 23.1 Å². The van der Waals surface area contributed by atoms with Gasteiger partial charge in [-0.3, -0.25) is 4.79 Å². The van der Waals surface area contributed by atoms with Gasteiger partial charge < -0.3 is 10.1 Å². The van der Waals surface area contributed by atoms with Gasteiger partial charge in [0.2, 0.25) is 5.91 Å². The average Bonchev–Trinajstić information content (AvgIpc) is 2.81. The van der Waals surface area contributed by atoms with Crippen LogP contribution in [-0.2, 0) is 4.79 Å². The summed E-state index contributed by atoms with van der Waals surface area (Å²) in [5.41, 5.74) is 3.01. The Bertz CT molecular complexity index is 1180. The minimum atomic E-state index is -0.0594. The number of aryl methyl sites for hydroxylation is 1. The van der Waals surface area contributed by atoms with Gasteiger partial charge in [0, 0.05) is 16.3 Å². The molecule has 1 amide bonds. The van der Waals surface area contributed by atoms with E-state index in [2.05, 4.69) is 15.5 Å². The van der Waals surface area contributed by atoms with Crippen molar-refractivity contribution in [3.63, 3.8) is 0 Å². The number of aromatic nitrogens is 2. The molecule has 0 fully saturated rings. The molecule has 5 nitrogen and oxygen atoms in total. The quantitative estimate of drug-likeness (QED) is 0.319. The smallest absolute Gasteiger partial charge is 0.230 e. The summed E-state index contributed by atoms with van der Waals surface area (Å²) in [6.45, 7) is 2.89. The van der Waals surface area contributed by atoms with E-state index in [1.807, 2.05) is 85.8 Å². The Balaban J connectivity index is 1.35. The topological polar surface area (TPSA) is 64.1 Å². The Hall–Kier alpha value is -3.38. The lowest BCUT2D eigenvalue weighted by atomic mass is 10.1. The zero-order chi connectivity index (χ0) is 21.5. The molecule has 0 aliphatic heterocycles. The number of carbonyl (C=O) groups excluding carboxylic acids is 1. The molecule has 4 rings (SSSR count). The summed E-state index contributed by atoms with van der Waals surface area (Å²) < 4.78 is 5.67. The third-order valence-corrected chi connectivity index (χ3v) is 5.70. The van der Waals surface area contributed by atoms with Crippen molar-refractivity contribution in [3.05, 3.63) is 84.4 Å². The summed E-state index contributed by atoms with van der Waals surface area (Å²) in [5.74, 6) is 1.02. The summed E-state index contributed by atoms with van der Waals surface area (Å²) in [5, 5.41) is 14.5. The predicted molar refractivity (Wildman–Crippen MR) is 125 cm³/mol. The zero-order valence-electron chi connectivity index (χ0n) is 17.2. The first kappa shape index (κ1) is 20.9. The van der Waals surface area contributed by atoms with E-state index in [0.717, 1.165) is 38.4 Å². The fraction of sp³-hybridized carbons (Fsp3) is 0.160. The lowest BCUT2D eigenvalue weighted by Crippen LogP contribution is -2.29. The molecular formula is C25H23N3O2S. The number of thioether (sulfide) groups is 1. The number of rotatable bonds is 8. The van der Waals surface area contributed by atoms with Crippen LogP contribution >= 0.6 is 11.8 Å². The molecule has 1 aromatic heterocycles. The van der Waals surface area contributed by atoms with Crippen LogP contribution in [0.25, 0.3) is 22.0 Å². The molecule has 0 spiro atoms. The average molecular weight is 430 g/mol. The number of fused-ring (bicyclic) bond motifs is 1. The SMILES string of the molecule is Cc1cccc(OCCNC(=O)CSc2nnc(-c3ccccc3)c3ccccc23)c1. The number of ether oxygens (including phenoxy) is 1. The normalized spacial score (nSPS) is 10.7. The van der Waals surface area contributed by atoms with E-state index in [4.69, 9.17) is 4.74 Å². The highest BCUT2D eigenvalue weighted by Gasteiger charge is 2.12. The molecule has 1 N–H and O–H groups in total. The van der Waals surface area contributed by atoms with Gasteiger partial charge in [-0.1, -0.05) is 78.5 Å². The highest BCUT2D eigenvalue weighted by molar-refractivity contribution is 8.00. The van der Waals surface area contributed by atoms with E-state index in [1.165, 1.54) is 11.8 Å². The first-order valence-corrected chi connectivity index (χ1v) is 11.1. The minimum absolute atomic E-state index is 0.0594. The molecule has 0 saturated heterocycles. The molecule has 0 aliphatic carbocycles. The van der Waals surface area contributed by atoms with E-state index in [0.29, 0.717) is 13.2 Å². The summed E-state index contributed by atoms with van der Waals surface area (Å²) in [6, 6.07) is 25.9. The van der Waals surface area contributed by atoms with Crippen LogP contribution in [0.2, 0.25) is 0 Å². The zero-order valence-corrected chi connectivity index (χ0v) is 18.1. The maximum atomic E-state index is 12.3. The molecule has 31 heavy (non-hydrogen) atoms. The summed E-state index contributed by atoms with van der Waals surface area (Å²) in [4.78, 5) is 12.3. The van der Waals surface area contributed by atoms with Crippen LogP contribution in [0.4, 0.5) is 0 Å². The van der Waals surface area contributed by atoms with Gasteiger partial charge in [0.25, 0.3) is 0 Å². The minimum Gasteiger partial charge on any atom is -0.492 e. The molecule has 3 aromatic carbocycles. The van der Waals surface area contributed by atoms with E-state index < -0.39 is 0 Å². The number of benzene rings is 3. The maximum Gasteiger partial charge on any atom is 0.230 e. The Labute approximate surface area is 185 Å². The third-order valence-electron chi connectivity index (χ3n) is 4.72. The maximum absolute atomic E-state index is 12.3. The molecule has 0 bridgehead atoms. The number of nitrogens with one attached hydrogen (secondary N) is 1. The molecular weight excluding hydrogens is 406 g/mol. The van der Waals surface area contributed by atoms with Crippen LogP contribution in [0.3, 0.4) is 0 Å². The lowest BCUT2D eigenvalue weighted by Gasteiger charge is -2.10. The first-order chi connectivity index (χ1) is 15.2. The van der Waals surface area contributed by atoms with Gasteiger partial charge in [-0.15, -0.1) is 10.2 Å². The standard InChI is InChI=1S/C25H23N3O2S/c1-18-8-7-11-20(16-18)30-15-14-26-23(29)17-31-25-22-13-6-5-12-21(22)24(27-28-25)19-9-3-2-4-10-19/h2-13,16H,14-15,17H2,1H3,(H,26,29). The van der Waals surface area contributed by atoms with Crippen molar-refractivity contribution < 1.29 is 9.53 Å². The Morgan fingerprint density at radius 1 is 0.935 bits per heavy atom. The first-order valence-electron chi connectivity index (χ1n) is 10.1. The van der Waals surface area contributed by atoms with Crippen LogP contribution in [0.1, 0.15) is 5.56 Å². The van der Waals surface area contributed by atoms with Crippen LogP contribution < -0.4 is 10.1 Å². The Kier molecular flexibility index (Phi) is 6.79. The van der Waals surface area contributed by atoms with E-state index >= 15 is 0 Å². The molecule has 4 aromatic rings. The van der Waals surface area contributed by atoms with Crippen molar-refractivity contribution in [1.82, 2.24) is 15.5 Å². The number of amides is 1. The Morgan fingerprint density at radius 3 is 2.52 bits per heavy atom.